The number of nitrogens with two attached hydrogens (primary N) is 1. The van der Waals surface area contributed by atoms with Gasteiger partial charge in [0.15, 0.2) is 0 Å². The number of primary amides is 1. The smallest absolute Gasteiger partial charge is 0.248 e. The number of halogens is 2. The van der Waals surface area contributed by atoms with E-state index in [2.05, 4.69) is 15.1 Å². The molecular formula is C22H19F2N5O2S2. The summed E-state index contributed by atoms with van der Waals surface area (Å²) in [6.45, 7) is 1.63. The Hall–Kier alpha value is -3.15. The first-order valence-corrected chi connectivity index (χ1v) is 11.5. The number of carbonyl (C=O) groups excluding carboxylic acids is 1. The van der Waals surface area contributed by atoms with Crippen LogP contribution in [0.1, 0.15) is 33.8 Å². The Morgan fingerprint density at radius 3 is 2.67 bits per heavy atom. The van der Waals surface area contributed by atoms with Gasteiger partial charge >= 0.3 is 0 Å². The van der Waals surface area contributed by atoms with Gasteiger partial charge in [0.05, 0.1) is 11.6 Å². The lowest BCUT2D eigenvalue weighted by Crippen LogP contribution is -2.38. The molecule has 2 aromatic carbocycles. The molecule has 2 heterocycles. The summed E-state index contributed by atoms with van der Waals surface area (Å²) in [5.74, 6) is -2.75. The summed E-state index contributed by atoms with van der Waals surface area (Å²) in [5.41, 5.74) is 3.85. The van der Waals surface area contributed by atoms with Gasteiger partial charge in [-0.25, -0.2) is 23.4 Å². The molecule has 11 heteroatoms. The van der Waals surface area contributed by atoms with E-state index in [0.717, 1.165) is 17.0 Å². The van der Waals surface area contributed by atoms with Crippen molar-refractivity contribution in [1.29, 1.82) is 0 Å². The molecular weight excluding hydrogens is 468 g/mol. The van der Waals surface area contributed by atoms with Crippen molar-refractivity contribution in [2.75, 3.05) is 0 Å². The lowest BCUT2D eigenvalue weighted by molar-refractivity contribution is -0.0113. The minimum atomic E-state index is -1.77. The third kappa shape index (κ3) is 4.95. The summed E-state index contributed by atoms with van der Waals surface area (Å²) in [6, 6.07) is 9.89. The quantitative estimate of drug-likeness (QED) is 0.390. The number of aliphatic hydroxyl groups is 1. The Bertz CT molecular complexity index is 1260. The van der Waals surface area contributed by atoms with E-state index in [4.69, 9.17) is 5.73 Å². The van der Waals surface area contributed by atoms with Crippen LogP contribution in [0, 0.1) is 11.6 Å². The van der Waals surface area contributed by atoms with Gasteiger partial charge in [-0.2, -0.15) is 5.10 Å². The molecule has 0 aliphatic rings. The van der Waals surface area contributed by atoms with Crippen LogP contribution in [0.2, 0.25) is 0 Å². The molecule has 0 saturated heterocycles. The molecule has 0 aliphatic heterocycles. The van der Waals surface area contributed by atoms with Crippen molar-refractivity contribution < 1.29 is 18.7 Å². The summed E-state index contributed by atoms with van der Waals surface area (Å²) >= 11 is 2.70. The molecule has 2 aromatic heterocycles. The molecule has 170 valence electrons. The van der Waals surface area contributed by atoms with Crippen molar-refractivity contribution in [3.8, 4) is 0 Å². The lowest BCUT2D eigenvalue weighted by atomic mass is 9.82. The molecule has 33 heavy (non-hydrogen) atoms. The van der Waals surface area contributed by atoms with Crippen LogP contribution in [0.3, 0.4) is 0 Å². The van der Waals surface area contributed by atoms with E-state index in [1.54, 1.807) is 31.2 Å². The van der Waals surface area contributed by atoms with Gasteiger partial charge in [-0.15, -0.1) is 11.3 Å². The summed E-state index contributed by atoms with van der Waals surface area (Å²) in [6.07, 6.45) is 2.73. The number of nitrogens with zero attached hydrogens (tertiary/aromatic N) is 4. The second-order valence-corrected chi connectivity index (χ2v) is 9.36. The summed E-state index contributed by atoms with van der Waals surface area (Å²) in [7, 11) is 0. The first-order chi connectivity index (χ1) is 15.8. The summed E-state index contributed by atoms with van der Waals surface area (Å²) in [5, 5.41) is 18.8. The van der Waals surface area contributed by atoms with Crippen molar-refractivity contribution in [2.24, 2.45) is 5.73 Å². The minimum absolute atomic E-state index is 0.0571. The van der Waals surface area contributed by atoms with Crippen LogP contribution >= 0.6 is 23.1 Å². The summed E-state index contributed by atoms with van der Waals surface area (Å²) in [4.78, 5) is 20.6. The van der Waals surface area contributed by atoms with Gasteiger partial charge in [-0.1, -0.05) is 24.8 Å². The average Bonchev–Trinajstić information content (AvgIpc) is 3.45. The highest BCUT2D eigenvalue weighted by atomic mass is 32.2. The number of thiazole rings is 1. The highest BCUT2D eigenvalue weighted by molar-refractivity contribution is 7.99. The van der Waals surface area contributed by atoms with E-state index in [0.29, 0.717) is 15.6 Å². The Morgan fingerprint density at radius 1 is 1.27 bits per heavy atom. The number of aromatic nitrogens is 4. The van der Waals surface area contributed by atoms with Gasteiger partial charge in [-0.05, 0) is 30.3 Å². The van der Waals surface area contributed by atoms with Gasteiger partial charge in [0, 0.05) is 33.4 Å². The van der Waals surface area contributed by atoms with Gasteiger partial charge in [0.25, 0.3) is 0 Å². The molecule has 0 unspecified atom stereocenters. The van der Waals surface area contributed by atoms with Crippen LogP contribution in [-0.4, -0.2) is 30.8 Å². The van der Waals surface area contributed by atoms with Gasteiger partial charge in [0.1, 0.15) is 34.9 Å². The van der Waals surface area contributed by atoms with Gasteiger partial charge in [0.2, 0.25) is 5.91 Å². The van der Waals surface area contributed by atoms with E-state index >= 15 is 0 Å². The molecule has 0 bridgehead atoms. The third-order valence-electron chi connectivity index (χ3n) is 5.22. The number of hydrogen-bond acceptors (Lipinski definition) is 7. The molecule has 4 rings (SSSR count). The van der Waals surface area contributed by atoms with Crippen molar-refractivity contribution in [3.63, 3.8) is 0 Å². The first kappa shape index (κ1) is 23.0. The molecule has 3 N–H and O–H groups in total. The number of carbonyl (C=O) groups is 1. The fraction of sp³-hybridized carbons (Fsp3) is 0.182. The van der Waals surface area contributed by atoms with Crippen LogP contribution in [-0.2, 0) is 12.1 Å². The van der Waals surface area contributed by atoms with Crippen LogP contribution in [0.15, 0.2) is 70.4 Å². The first-order valence-electron chi connectivity index (χ1n) is 9.80. The predicted octanol–water partition coefficient (Wildman–Crippen LogP) is 3.95. The maximum absolute atomic E-state index is 14.7. The Kier molecular flexibility index (Phi) is 6.54. The fourth-order valence-electron chi connectivity index (χ4n) is 3.39. The molecule has 1 amide bonds. The number of benzene rings is 2. The molecule has 0 spiro atoms. The standard InChI is InChI=1S/C22H19F2N5O2S2/c1-13(21-28-19(9-32-21)33-16-5-2-14(3-6-16)20(25)30)22(31,10-29-12-26-11-27-29)17-7-4-15(23)8-18(17)24/h2-9,11-13,31H,10H2,1H3,(H2,25,30)/t13-,22+/m0/s1. The van der Waals surface area contributed by atoms with Gasteiger partial charge < -0.3 is 10.8 Å². The molecule has 2 atom stereocenters. The molecule has 0 saturated carbocycles. The molecule has 0 radical (unpaired) electrons. The van der Waals surface area contributed by atoms with Crippen LogP contribution < -0.4 is 5.73 Å². The topological polar surface area (TPSA) is 107 Å². The second kappa shape index (κ2) is 9.38. The monoisotopic (exact) mass is 487 g/mol. The molecule has 0 aliphatic carbocycles. The van der Waals surface area contributed by atoms with Crippen LogP contribution in [0.4, 0.5) is 8.78 Å². The zero-order chi connectivity index (χ0) is 23.6. The minimum Gasteiger partial charge on any atom is -0.382 e. The zero-order valence-corrected chi connectivity index (χ0v) is 19.0. The molecule has 7 nitrogen and oxygen atoms in total. The molecule has 0 fully saturated rings. The number of hydrogen-bond donors (Lipinski definition) is 2. The maximum atomic E-state index is 14.7. The maximum Gasteiger partial charge on any atom is 0.248 e. The Morgan fingerprint density at radius 2 is 2.03 bits per heavy atom. The van der Waals surface area contributed by atoms with Crippen LogP contribution in [0.25, 0.3) is 0 Å². The fourth-order valence-corrected chi connectivity index (χ4v) is 5.26. The Labute approximate surface area is 196 Å². The van der Waals surface area contributed by atoms with E-state index in [9.17, 15) is 18.7 Å². The third-order valence-corrected chi connectivity index (χ3v) is 7.32. The van der Waals surface area contributed by atoms with Crippen molar-refractivity contribution in [1.82, 2.24) is 19.7 Å². The predicted molar refractivity (Wildman–Crippen MR) is 120 cm³/mol. The average molecular weight is 488 g/mol. The van der Waals surface area contributed by atoms with E-state index in [-0.39, 0.29) is 12.1 Å². The SMILES string of the molecule is C[C@@H](c1nc(Sc2ccc(C(N)=O)cc2)cs1)[C@](O)(Cn1cncn1)c1ccc(F)cc1F. The van der Waals surface area contributed by atoms with Crippen molar-refractivity contribution in [2.45, 2.75) is 34.9 Å². The number of rotatable bonds is 8. The highest BCUT2D eigenvalue weighted by Crippen LogP contribution is 2.42. The van der Waals surface area contributed by atoms with Gasteiger partial charge in [-0.3, -0.25) is 4.79 Å². The largest absolute Gasteiger partial charge is 0.382 e. The van der Waals surface area contributed by atoms with Crippen molar-refractivity contribution in [3.05, 3.63) is 88.3 Å². The number of amides is 1. The van der Waals surface area contributed by atoms with Crippen molar-refractivity contribution >= 4 is 29.0 Å². The summed E-state index contributed by atoms with van der Waals surface area (Å²) < 4.78 is 29.7. The zero-order valence-electron chi connectivity index (χ0n) is 17.4. The van der Waals surface area contributed by atoms with Crippen LogP contribution in [0.5, 0.6) is 0 Å². The Balaban J connectivity index is 1.63. The second-order valence-electron chi connectivity index (χ2n) is 7.38. The highest BCUT2D eigenvalue weighted by Gasteiger charge is 2.41. The van der Waals surface area contributed by atoms with E-state index in [1.165, 1.54) is 46.5 Å². The molecule has 4 aromatic rings. The lowest BCUT2D eigenvalue weighted by Gasteiger charge is -2.33. The van der Waals surface area contributed by atoms with E-state index < -0.39 is 29.1 Å². The van der Waals surface area contributed by atoms with E-state index in [1.807, 2.05) is 5.38 Å². The normalized spacial score (nSPS) is 14.1.